The molecule has 0 bridgehead atoms. The van der Waals surface area contributed by atoms with E-state index in [0.717, 1.165) is 25.7 Å². The van der Waals surface area contributed by atoms with Gasteiger partial charge < -0.3 is 15.8 Å². The lowest BCUT2D eigenvalue weighted by atomic mass is 9.86. The maximum Gasteiger partial charge on any atom is 0.338 e. The molecule has 0 heterocycles. The van der Waals surface area contributed by atoms with Gasteiger partial charge in [0.25, 0.3) is 5.91 Å². The minimum atomic E-state index is -0.722. The number of hydrogen-bond donors (Lipinski definition) is 3. The van der Waals surface area contributed by atoms with Gasteiger partial charge in [0, 0.05) is 6.04 Å². The van der Waals surface area contributed by atoms with Crippen LogP contribution in [0, 0.1) is 5.92 Å². The fourth-order valence-corrected chi connectivity index (χ4v) is 2.90. The zero-order chi connectivity index (χ0) is 18.4. The monoisotopic (exact) mass is 367 g/mol. The lowest BCUT2D eigenvalue weighted by molar-refractivity contribution is -0.123. The second-order valence-electron chi connectivity index (χ2n) is 6.20. The summed E-state index contributed by atoms with van der Waals surface area (Å²) in [5.41, 5.74) is 6.02. The Bertz CT molecular complexity index is 665. The molecule has 1 aliphatic rings. The molecule has 1 aliphatic carbocycles. The van der Waals surface area contributed by atoms with Crippen LogP contribution in [0.15, 0.2) is 18.2 Å². The van der Waals surface area contributed by atoms with Crippen LogP contribution in [0.2, 0.25) is 5.02 Å². The van der Waals surface area contributed by atoms with Gasteiger partial charge in [0.15, 0.2) is 6.61 Å². The third-order valence-corrected chi connectivity index (χ3v) is 4.59. The standard InChI is InChI=1S/C17H22ClN3O4/c1-10-4-2-3-5-14(10)20-17(24)21-15(22)9-25-16(23)11-6-7-12(18)13(19)8-11/h6-8,10,14H,2-5,9,19H2,1H3,(H2,20,21,22,24)/t10-,14+/m0/s1. The van der Waals surface area contributed by atoms with Crippen molar-refractivity contribution in [3.05, 3.63) is 28.8 Å². The number of nitrogens with one attached hydrogen (secondary N) is 2. The zero-order valence-electron chi connectivity index (χ0n) is 14.0. The molecule has 136 valence electrons. The van der Waals surface area contributed by atoms with Crippen LogP contribution >= 0.6 is 11.6 Å². The van der Waals surface area contributed by atoms with E-state index in [1.807, 2.05) is 0 Å². The summed E-state index contributed by atoms with van der Waals surface area (Å²) in [7, 11) is 0. The number of amides is 3. The summed E-state index contributed by atoms with van der Waals surface area (Å²) in [5, 5.41) is 5.28. The Kier molecular flexibility index (Phi) is 6.64. The normalized spacial score (nSPS) is 19.8. The van der Waals surface area contributed by atoms with Crippen LogP contribution in [0.1, 0.15) is 43.0 Å². The number of rotatable bonds is 4. The number of anilines is 1. The van der Waals surface area contributed by atoms with Crippen LogP contribution < -0.4 is 16.4 Å². The van der Waals surface area contributed by atoms with E-state index in [9.17, 15) is 14.4 Å². The van der Waals surface area contributed by atoms with E-state index in [0.29, 0.717) is 10.9 Å². The van der Waals surface area contributed by atoms with Crippen LogP contribution in [0.5, 0.6) is 0 Å². The van der Waals surface area contributed by atoms with Gasteiger partial charge in [-0.15, -0.1) is 0 Å². The molecule has 8 heteroatoms. The van der Waals surface area contributed by atoms with Crippen LogP contribution in [0.3, 0.4) is 0 Å². The van der Waals surface area contributed by atoms with E-state index in [1.165, 1.54) is 18.2 Å². The number of urea groups is 1. The molecule has 2 rings (SSSR count). The summed E-state index contributed by atoms with van der Waals surface area (Å²) in [6.45, 7) is 1.51. The van der Waals surface area contributed by atoms with E-state index in [-0.39, 0.29) is 17.3 Å². The summed E-state index contributed by atoms with van der Waals surface area (Å²) in [6.07, 6.45) is 4.17. The predicted octanol–water partition coefficient (Wildman–Crippen LogP) is 2.48. The quantitative estimate of drug-likeness (QED) is 0.559. The Morgan fingerprint density at radius 2 is 2.00 bits per heavy atom. The Morgan fingerprint density at radius 3 is 2.68 bits per heavy atom. The molecule has 1 saturated carbocycles. The molecule has 0 unspecified atom stereocenters. The first-order valence-electron chi connectivity index (χ1n) is 8.19. The van der Waals surface area contributed by atoms with Gasteiger partial charge in [-0.1, -0.05) is 31.4 Å². The smallest absolute Gasteiger partial charge is 0.338 e. The van der Waals surface area contributed by atoms with Gasteiger partial charge in [0.05, 0.1) is 16.3 Å². The highest BCUT2D eigenvalue weighted by Gasteiger charge is 2.23. The van der Waals surface area contributed by atoms with Crippen molar-refractivity contribution in [2.24, 2.45) is 5.92 Å². The summed E-state index contributed by atoms with van der Waals surface area (Å²) in [6, 6.07) is 3.75. The molecule has 1 aromatic rings. The lowest BCUT2D eigenvalue weighted by Gasteiger charge is -2.29. The SMILES string of the molecule is C[C@H]1CCCC[C@H]1NC(=O)NC(=O)COC(=O)c1ccc(Cl)c(N)c1. The fraction of sp³-hybridized carbons (Fsp3) is 0.471. The number of carbonyl (C=O) groups is 3. The van der Waals surface area contributed by atoms with Gasteiger partial charge in [-0.3, -0.25) is 10.1 Å². The van der Waals surface area contributed by atoms with Crippen molar-refractivity contribution >= 4 is 35.2 Å². The van der Waals surface area contributed by atoms with Crippen molar-refractivity contribution in [3.8, 4) is 0 Å². The van der Waals surface area contributed by atoms with Crippen molar-refractivity contribution in [2.45, 2.75) is 38.6 Å². The highest BCUT2D eigenvalue weighted by molar-refractivity contribution is 6.33. The van der Waals surface area contributed by atoms with Gasteiger partial charge in [-0.25, -0.2) is 9.59 Å². The number of halogens is 1. The zero-order valence-corrected chi connectivity index (χ0v) is 14.8. The minimum Gasteiger partial charge on any atom is -0.452 e. The molecule has 3 amide bonds. The summed E-state index contributed by atoms with van der Waals surface area (Å²) >= 11 is 5.77. The molecule has 7 nitrogen and oxygen atoms in total. The third kappa shape index (κ3) is 5.63. The molecule has 0 aromatic heterocycles. The molecule has 0 radical (unpaired) electrons. The number of carbonyl (C=O) groups excluding carboxylic acids is 3. The molecule has 2 atom stereocenters. The Labute approximate surface area is 151 Å². The van der Waals surface area contributed by atoms with Crippen molar-refractivity contribution in [3.63, 3.8) is 0 Å². The number of nitrogens with two attached hydrogens (primary N) is 1. The van der Waals surface area contributed by atoms with Gasteiger partial charge in [0.2, 0.25) is 0 Å². The van der Waals surface area contributed by atoms with Gasteiger partial charge >= 0.3 is 12.0 Å². The number of ether oxygens (including phenoxy) is 1. The number of imide groups is 1. The summed E-state index contributed by atoms with van der Waals surface area (Å²) in [4.78, 5) is 35.4. The van der Waals surface area contributed by atoms with Crippen LogP contribution in [-0.2, 0) is 9.53 Å². The number of hydrogen-bond acceptors (Lipinski definition) is 5. The second-order valence-corrected chi connectivity index (χ2v) is 6.61. The number of esters is 1. The number of nitrogen functional groups attached to an aromatic ring is 1. The molecule has 0 spiro atoms. The third-order valence-electron chi connectivity index (χ3n) is 4.25. The molecule has 1 fully saturated rings. The fourth-order valence-electron chi connectivity index (χ4n) is 2.78. The first-order valence-corrected chi connectivity index (χ1v) is 8.57. The van der Waals surface area contributed by atoms with Crippen LogP contribution in [0.4, 0.5) is 10.5 Å². The van der Waals surface area contributed by atoms with E-state index in [4.69, 9.17) is 22.1 Å². The van der Waals surface area contributed by atoms with Crippen LogP contribution in [-0.4, -0.2) is 30.6 Å². The Balaban J connectivity index is 1.76. The topological polar surface area (TPSA) is 111 Å². The molecule has 0 saturated heterocycles. The highest BCUT2D eigenvalue weighted by Crippen LogP contribution is 2.23. The van der Waals surface area contributed by atoms with Gasteiger partial charge in [-0.05, 0) is 37.0 Å². The largest absolute Gasteiger partial charge is 0.452 e. The second kappa shape index (κ2) is 8.71. The summed E-state index contributed by atoms with van der Waals surface area (Å²) in [5.74, 6) is -1.04. The van der Waals surface area contributed by atoms with Gasteiger partial charge in [0.1, 0.15) is 0 Å². The molecular formula is C17H22ClN3O4. The maximum atomic E-state index is 11.9. The van der Waals surface area contributed by atoms with E-state index >= 15 is 0 Å². The van der Waals surface area contributed by atoms with E-state index in [2.05, 4.69) is 17.6 Å². The van der Waals surface area contributed by atoms with Crippen molar-refractivity contribution in [1.82, 2.24) is 10.6 Å². The Morgan fingerprint density at radius 1 is 1.28 bits per heavy atom. The molecule has 25 heavy (non-hydrogen) atoms. The van der Waals surface area contributed by atoms with Crippen molar-refractivity contribution < 1.29 is 19.1 Å². The maximum absolute atomic E-state index is 11.9. The predicted molar refractivity (Wildman–Crippen MR) is 94.2 cm³/mol. The van der Waals surface area contributed by atoms with Crippen LogP contribution in [0.25, 0.3) is 0 Å². The molecule has 1 aromatic carbocycles. The Hall–Kier alpha value is -2.28. The molecular weight excluding hydrogens is 346 g/mol. The number of benzene rings is 1. The van der Waals surface area contributed by atoms with Gasteiger partial charge in [-0.2, -0.15) is 0 Å². The van der Waals surface area contributed by atoms with Crippen molar-refractivity contribution in [2.75, 3.05) is 12.3 Å². The average Bonchev–Trinajstić information content (AvgIpc) is 2.57. The first kappa shape index (κ1) is 19.1. The highest BCUT2D eigenvalue weighted by atomic mass is 35.5. The molecule has 0 aliphatic heterocycles. The lowest BCUT2D eigenvalue weighted by Crippen LogP contribution is -2.48. The van der Waals surface area contributed by atoms with Crippen molar-refractivity contribution in [1.29, 1.82) is 0 Å². The average molecular weight is 368 g/mol. The summed E-state index contributed by atoms with van der Waals surface area (Å²) < 4.78 is 4.87. The molecule has 4 N–H and O–H groups in total. The van der Waals surface area contributed by atoms with E-state index in [1.54, 1.807) is 0 Å². The first-order chi connectivity index (χ1) is 11.9. The van der Waals surface area contributed by atoms with E-state index < -0.39 is 24.5 Å². The minimum absolute atomic E-state index is 0.0566.